The zero-order valence-electron chi connectivity index (χ0n) is 9.22. The molecule has 1 aliphatic heterocycles. The van der Waals surface area contributed by atoms with Crippen LogP contribution in [0.15, 0.2) is 0 Å². The van der Waals surface area contributed by atoms with Crippen LogP contribution in [0.5, 0.6) is 0 Å². The fraction of sp³-hybridized carbons (Fsp3) is 0.917. The lowest BCUT2D eigenvalue weighted by atomic mass is 9.90. The minimum absolute atomic E-state index is 0.320. The van der Waals surface area contributed by atoms with Crippen molar-refractivity contribution >= 4 is 5.78 Å². The van der Waals surface area contributed by atoms with Crippen LogP contribution in [0.4, 0.5) is 0 Å². The van der Waals surface area contributed by atoms with E-state index < -0.39 is 0 Å². The first-order valence-corrected chi connectivity index (χ1v) is 6.14. The highest BCUT2D eigenvalue weighted by Gasteiger charge is 2.32. The Labute approximate surface area is 86.7 Å². The Kier molecular flexibility index (Phi) is 3.22. The van der Waals surface area contributed by atoms with Crippen LogP contribution in [0.25, 0.3) is 0 Å². The number of piperidine rings is 1. The van der Waals surface area contributed by atoms with Gasteiger partial charge in [-0.05, 0) is 25.7 Å². The molecule has 1 N–H and O–H groups in total. The van der Waals surface area contributed by atoms with Gasteiger partial charge in [-0.25, -0.2) is 0 Å². The number of quaternary nitrogens is 1. The van der Waals surface area contributed by atoms with Crippen molar-refractivity contribution in [2.24, 2.45) is 5.92 Å². The Morgan fingerprint density at radius 3 is 2.57 bits per heavy atom. The van der Waals surface area contributed by atoms with Crippen LogP contribution in [0, 0.1) is 5.92 Å². The van der Waals surface area contributed by atoms with E-state index >= 15 is 0 Å². The van der Waals surface area contributed by atoms with E-state index in [2.05, 4.69) is 6.92 Å². The number of carbonyl (C=O) groups is 1. The van der Waals surface area contributed by atoms with Crippen LogP contribution < -0.4 is 4.90 Å². The molecule has 2 aliphatic rings. The number of ketones is 1. The fourth-order valence-electron chi connectivity index (χ4n) is 3.02. The molecule has 1 heterocycles. The Morgan fingerprint density at radius 1 is 1.21 bits per heavy atom. The van der Waals surface area contributed by atoms with Crippen molar-refractivity contribution in [2.75, 3.05) is 13.1 Å². The number of carbonyl (C=O) groups excluding carboxylic acids is 1. The summed E-state index contributed by atoms with van der Waals surface area (Å²) < 4.78 is 0. The molecule has 1 saturated heterocycles. The van der Waals surface area contributed by atoms with Gasteiger partial charge in [-0.1, -0.05) is 13.3 Å². The molecule has 0 aromatic heterocycles. The third kappa shape index (κ3) is 2.17. The monoisotopic (exact) mass is 196 g/mol. The summed E-state index contributed by atoms with van der Waals surface area (Å²) in [5, 5.41) is 0. The number of hydrogen-bond donors (Lipinski definition) is 1. The number of rotatable bonds is 1. The highest BCUT2D eigenvalue weighted by molar-refractivity contribution is 5.81. The Balaban J connectivity index is 1.88. The van der Waals surface area contributed by atoms with Crippen LogP contribution in [0.2, 0.25) is 0 Å². The highest BCUT2D eigenvalue weighted by atomic mass is 16.1. The zero-order valence-corrected chi connectivity index (χ0v) is 9.22. The maximum atomic E-state index is 11.4. The van der Waals surface area contributed by atoms with Crippen LogP contribution in [0.1, 0.15) is 45.4 Å². The average Bonchev–Trinajstić information content (AvgIpc) is 2.23. The van der Waals surface area contributed by atoms with Crippen molar-refractivity contribution in [1.29, 1.82) is 0 Å². The maximum Gasteiger partial charge on any atom is 0.146 e. The molecule has 14 heavy (non-hydrogen) atoms. The normalized spacial score (nSPS) is 35.9. The Bertz CT molecular complexity index is 208. The summed E-state index contributed by atoms with van der Waals surface area (Å²) in [5.74, 6) is 0.810. The molecule has 2 unspecified atom stereocenters. The van der Waals surface area contributed by atoms with Crippen LogP contribution in [0.3, 0.4) is 0 Å². The average molecular weight is 196 g/mol. The van der Waals surface area contributed by atoms with Gasteiger partial charge < -0.3 is 4.90 Å². The summed E-state index contributed by atoms with van der Waals surface area (Å²) in [6, 6.07) is 0.874. The van der Waals surface area contributed by atoms with Gasteiger partial charge in [0.1, 0.15) is 5.78 Å². The second kappa shape index (κ2) is 4.43. The molecule has 0 aromatic carbocycles. The number of likely N-dealkylation sites (tertiary alicyclic amines) is 1. The standard InChI is InChI=1S/C12H21NO/c1-10-9-13(8-7-12(10)14)11-5-3-2-4-6-11/h10-11H,2-9H2,1H3/p+1. The van der Waals surface area contributed by atoms with Gasteiger partial charge in [0.15, 0.2) is 0 Å². The second-order valence-corrected chi connectivity index (χ2v) is 5.06. The van der Waals surface area contributed by atoms with E-state index in [9.17, 15) is 4.79 Å². The quantitative estimate of drug-likeness (QED) is 0.658. The summed E-state index contributed by atoms with van der Waals surface area (Å²) in [6.07, 6.45) is 7.88. The fourth-order valence-corrected chi connectivity index (χ4v) is 3.02. The number of nitrogens with one attached hydrogen (secondary N) is 1. The molecular formula is C12H22NO+. The summed E-state index contributed by atoms with van der Waals surface area (Å²) >= 11 is 0. The van der Waals surface area contributed by atoms with Crippen LogP contribution in [-0.4, -0.2) is 24.9 Å². The van der Waals surface area contributed by atoms with E-state index in [1.165, 1.54) is 32.1 Å². The molecule has 2 atom stereocenters. The summed E-state index contributed by atoms with van der Waals surface area (Å²) in [7, 11) is 0. The molecule has 2 nitrogen and oxygen atoms in total. The Hall–Kier alpha value is -0.370. The van der Waals surface area contributed by atoms with E-state index in [-0.39, 0.29) is 0 Å². The SMILES string of the molecule is CC1C[NH+](C2CCCCC2)CCC1=O. The third-order valence-corrected chi connectivity index (χ3v) is 3.99. The maximum absolute atomic E-state index is 11.4. The molecule has 0 radical (unpaired) electrons. The molecule has 1 aliphatic carbocycles. The first kappa shape index (κ1) is 10.2. The number of hydrogen-bond acceptors (Lipinski definition) is 1. The largest absolute Gasteiger partial charge is 0.332 e. The molecule has 0 bridgehead atoms. The topological polar surface area (TPSA) is 21.5 Å². The second-order valence-electron chi connectivity index (χ2n) is 5.06. The van der Waals surface area contributed by atoms with E-state index in [1.807, 2.05) is 0 Å². The van der Waals surface area contributed by atoms with Gasteiger partial charge in [0.25, 0.3) is 0 Å². The van der Waals surface area contributed by atoms with Gasteiger partial charge in [0, 0.05) is 0 Å². The summed E-state index contributed by atoms with van der Waals surface area (Å²) in [6.45, 7) is 4.31. The van der Waals surface area contributed by atoms with Crippen molar-refractivity contribution in [2.45, 2.75) is 51.5 Å². The molecule has 0 spiro atoms. The molecule has 1 saturated carbocycles. The van der Waals surface area contributed by atoms with Crippen LogP contribution in [-0.2, 0) is 4.79 Å². The minimum Gasteiger partial charge on any atom is -0.332 e. The van der Waals surface area contributed by atoms with Crippen molar-refractivity contribution in [3.05, 3.63) is 0 Å². The molecule has 0 aromatic rings. The van der Waals surface area contributed by atoms with Crippen molar-refractivity contribution < 1.29 is 9.69 Å². The number of Topliss-reactive ketones (excluding diaryl/α,β-unsaturated/α-hetero) is 1. The third-order valence-electron chi connectivity index (χ3n) is 3.99. The van der Waals surface area contributed by atoms with Crippen LogP contribution >= 0.6 is 0 Å². The lowest BCUT2D eigenvalue weighted by Gasteiger charge is -2.35. The van der Waals surface area contributed by atoms with Gasteiger partial charge >= 0.3 is 0 Å². The van der Waals surface area contributed by atoms with Gasteiger partial charge in [0.2, 0.25) is 0 Å². The lowest BCUT2D eigenvalue weighted by Crippen LogP contribution is -3.17. The lowest BCUT2D eigenvalue weighted by molar-refractivity contribution is -0.931. The predicted molar refractivity (Wildman–Crippen MR) is 56.4 cm³/mol. The molecular weight excluding hydrogens is 174 g/mol. The van der Waals surface area contributed by atoms with Gasteiger partial charge in [-0.3, -0.25) is 4.79 Å². The van der Waals surface area contributed by atoms with E-state index in [0.29, 0.717) is 11.7 Å². The molecule has 2 fully saturated rings. The molecule has 2 rings (SSSR count). The summed E-state index contributed by atoms with van der Waals surface area (Å²) in [4.78, 5) is 13.1. The van der Waals surface area contributed by atoms with E-state index in [1.54, 1.807) is 4.90 Å². The highest BCUT2D eigenvalue weighted by Crippen LogP contribution is 2.16. The van der Waals surface area contributed by atoms with Crippen molar-refractivity contribution in [3.63, 3.8) is 0 Å². The zero-order chi connectivity index (χ0) is 9.97. The van der Waals surface area contributed by atoms with Crippen molar-refractivity contribution in [3.8, 4) is 0 Å². The molecule has 0 amide bonds. The Morgan fingerprint density at radius 2 is 1.93 bits per heavy atom. The first-order chi connectivity index (χ1) is 6.77. The van der Waals surface area contributed by atoms with E-state index in [4.69, 9.17) is 0 Å². The van der Waals surface area contributed by atoms with E-state index in [0.717, 1.165) is 25.6 Å². The molecule has 2 heteroatoms. The van der Waals surface area contributed by atoms with Gasteiger partial charge in [0.05, 0.1) is 31.5 Å². The smallest absolute Gasteiger partial charge is 0.146 e. The predicted octanol–water partition coefficient (Wildman–Crippen LogP) is 0.813. The molecule has 80 valence electrons. The van der Waals surface area contributed by atoms with Gasteiger partial charge in [-0.2, -0.15) is 0 Å². The van der Waals surface area contributed by atoms with Crippen molar-refractivity contribution in [1.82, 2.24) is 0 Å². The summed E-state index contributed by atoms with van der Waals surface area (Å²) in [5.41, 5.74) is 0. The first-order valence-electron chi connectivity index (χ1n) is 6.14. The minimum atomic E-state index is 0.320. The van der Waals surface area contributed by atoms with Gasteiger partial charge in [-0.15, -0.1) is 0 Å².